The number of anilines is 1. The van der Waals surface area contributed by atoms with E-state index in [0.29, 0.717) is 65.7 Å². The summed E-state index contributed by atoms with van der Waals surface area (Å²) in [6.45, 7) is 1.59. The summed E-state index contributed by atoms with van der Waals surface area (Å²) < 4.78 is 11.4. The number of methoxy groups -OCH3 is 1. The number of ether oxygens (including phenoxy) is 2. The molecule has 0 atom stereocenters. The molecule has 0 radical (unpaired) electrons. The molecule has 0 spiro atoms. The molecule has 1 aliphatic rings. The highest BCUT2D eigenvalue weighted by Crippen LogP contribution is 2.33. The number of aliphatic imine (C=N–C) groups is 1. The standard InChI is InChI=1S/C24H30N6O4/c1-30-11-10-25-22-21-17(24(32)29-23(21)28-15-27-22)14-26-16-8-9-18(33-2)19(13-16)34-12-6-4-3-5-7-20(30)31/h8-9,13-15,32H,3-7,10-12H2,1-2H3,(H2,25,27,28,29). The Morgan fingerprint density at radius 2 is 2.03 bits per heavy atom. The van der Waals surface area contributed by atoms with Crippen molar-refractivity contribution in [3.05, 3.63) is 30.1 Å². The maximum absolute atomic E-state index is 12.4. The monoisotopic (exact) mass is 466 g/mol. The van der Waals surface area contributed by atoms with Crippen LogP contribution in [0.3, 0.4) is 0 Å². The van der Waals surface area contributed by atoms with E-state index in [2.05, 4.69) is 25.3 Å². The normalized spacial score (nSPS) is 16.1. The van der Waals surface area contributed by atoms with Gasteiger partial charge < -0.3 is 29.8 Å². The third-order valence-electron chi connectivity index (χ3n) is 5.81. The second-order valence-corrected chi connectivity index (χ2v) is 8.18. The van der Waals surface area contributed by atoms with Gasteiger partial charge >= 0.3 is 0 Å². The van der Waals surface area contributed by atoms with Crippen LogP contribution in [0.5, 0.6) is 17.4 Å². The van der Waals surface area contributed by atoms with Gasteiger partial charge in [-0.3, -0.25) is 9.79 Å². The maximum Gasteiger partial charge on any atom is 0.222 e. The Morgan fingerprint density at radius 3 is 2.88 bits per heavy atom. The lowest BCUT2D eigenvalue weighted by molar-refractivity contribution is -0.129. The van der Waals surface area contributed by atoms with Crippen LogP contribution in [-0.4, -0.2) is 70.9 Å². The van der Waals surface area contributed by atoms with E-state index in [-0.39, 0.29) is 11.8 Å². The molecule has 3 heterocycles. The number of hydrogen-bond donors (Lipinski definition) is 3. The van der Waals surface area contributed by atoms with Crippen molar-refractivity contribution in [2.45, 2.75) is 32.1 Å². The fourth-order valence-electron chi connectivity index (χ4n) is 3.86. The molecule has 1 aromatic carbocycles. The van der Waals surface area contributed by atoms with E-state index in [9.17, 15) is 9.90 Å². The van der Waals surface area contributed by atoms with Gasteiger partial charge in [0.25, 0.3) is 0 Å². The number of benzene rings is 1. The molecule has 3 aromatic rings. The fourth-order valence-corrected chi connectivity index (χ4v) is 3.86. The van der Waals surface area contributed by atoms with Crippen LogP contribution in [0.4, 0.5) is 11.5 Å². The Kier molecular flexibility index (Phi) is 7.46. The summed E-state index contributed by atoms with van der Waals surface area (Å²) in [5, 5.41) is 14.4. The number of fused-ring (bicyclic) bond motifs is 2. The molecule has 0 aliphatic carbocycles. The number of aromatic hydroxyl groups is 1. The minimum absolute atomic E-state index is 0.0540. The average molecular weight is 467 g/mol. The number of rotatable bonds is 1. The number of carbonyl (C=O) groups is 1. The molecule has 10 heteroatoms. The maximum atomic E-state index is 12.4. The van der Waals surface area contributed by atoms with Gasteiger partial charge in [0, 0.05) is 38.8 Å². The molecule has 0 unspecified atom stereocenters. The van der Waals surface area contributed by atoms with Crippen molar-refractivity contribution in [2.75, 3.05) is 39.2 Å². The second-order valence-electron chi connectivity index (χ2n) is 8.18. The van der Waals surface area contributed by atoms with Crippen LogP contribution in [0.15, 0.2) is 29.5 Å². The van der Waals surface area contributed by atoms with Crippen LogP contribution in [0.1, 0.15) is 37.7 Å². The van der Waals surface area contributed by atoms with Crippen molar-refractivity contribution in [3.63, 3.8) is 0 Å². The number of nitrogens with zero attached hydrogens (tertiary/aromatic N) is 4. The summed E-state index contributed by atoms with van der Waals surface area (Å²) in [5.74, 6) is 1.86. The minimum atomic E-state index is -0.0540. The third-order valence-corrected chi connectivity index (χ3v) is 5.81. The summed E-state index contributed by atoms with van der Waals surface area (Å²) in [6, 6.07) is 5.44. The molecular formula is C24H30N6O4. The number of aromatic nitrogens is 3. The van der Waals surface area contributed by atoms with Crippen LogP contribution >= 0.6 is 0 Å². The Hall–Kier alpha value is -3.82. The molecule has 34 heavy (non-hydrogen) atoms. The van der Waals surface area contributed by atoms with Gasteiger partial charge in [-0.25, -0.2) is 9.97 Å². The summed E-state index contributed by atoms with van der Waals surface area (Å²) in [6.07, 6.45) is 7.21. The van der Waals surface area contributed by atoms with Crippen LogP contribution in [0.25, 0.3) is 11.0 Å². The van der Waals surface area contributed by atoms with Gasteiger partial charge in [-0.1, -0.05) is 12.8 Å². The van der Waals surface area contributed by atoms with E-state index in [1.54, 1.807) is 31.3 Å². The number of likely N-dealkylation sites (N-methyl/N-ethyl adjacent to an activating group) is 1. The first-order chi connectivity index (χ1) is 16.6. The zero-order valence-electron chi connectivity index (χ0n) is 19.5. The lowest BCUT2D eigenvalue weighted by Gasteiger charge is -2.18. The topological polar surface area (TPSA) is 125 Å². The van der Waals surface area contributed by atoms with E-state index in [1.165, 1.54) is 6.33 Å². The van der Waals surface area contributed by atoms with E-state index < -0.39 is 0 Å². The van der Waals surface area contributed by atoms with Crippen molar-refractivity contribution < 1.29 is 19.4 Å². The summed E-state index contributed by atoms with van der Waals surface area (Å²) >= 11 is 0. The highest BCUT2D eigenvalue weighted by molar-refractivity contribution is 6.06. The molecular weight excluding hydrogens is 436 g/mol. The van der Waals surface area contributed by atoms with Crippen LogP contribution in [0, 0.1) is 0 Å². The molecule has 3 N–H and O–H groups in total. The average Bonchev–Trinajstić information content (AvgIpc) is 3.17. The molecule has 4 rings (SSSR count). The summed E-state index contributed by atoms with van der Waals surface area (Å²) in [7, 11) is 3.41. The SMILES string of the molecule is COc1ccc2cc1OCCCCCCC(=O)N(C)CCNc1ncnc3[nH]c(O)c(c13)C=N2. The predicted octanol–water partition coefficient (Wildman–Crippen LogP) is 3.64. The molecule has 2 aromatic heterocycles. The highest BCUT2D eigenvalue weighted by atomic mass is 16.5. The smallest absolute Gasteiger partial charge is 0.222 e. The second kappa shape index (κ2) is 10.9. The molecule has 2 bridgehead atoms. The number of nitrogens with one attached hydrogen (secondary N) is 2. The van der Waals surface area contributed by atoms with Crippen molar-refractivity contribution in [1.29, 1.82) is 0 Å². The number of carbonyl (C=O) groups excluding carboxylic acids is 1. The van der Waals surface area contributed by atoms with Gasteiger partial charge in [0.1, 0.15) is 17.8 Å². The van der Waals surface area contributed by atoms with E-state index in [4.69, 9.17) is 9.47 Å². The Balaban J connectivity index is 1.67. The zero-order valence-corrected chi connectivity index (χ0v) is 19.5. The van der Waals surface area contributed by atoms with Gasteiger partial charge in [-0.05, 0) is 25.0 Å². The van der Waals surface area contributed by atoms with Gasteiger partial charge in [0.15, 0.2) is 17.4 Å². The van der Waals surface area contributed by atoms with E-state index >= 15 is 0 Å². The van der Waals surface area contributed by atoms with Crippen LogP contribution in [-0.2, 0) is 4.79 Å². The van der Waals surface area contributed by atoms with E-state index in [0.717, 1.165) is 25.7 Å². The van der Waals surface area contributed by atoms with Crippen LogP contribution < -0.4 is 14.8 Å². The zero-order chi connectivity index (χ0) is 23.9. The molecule has 10 nitrogen and oxygen atoms in total. The number of aromatic amines is 1. The van der Waals surface area contributed by atoms with E-state index in [1.807, 2.05) is 12.1 Å². The molecule has 0 fully saturated rings. The van der Waals surface area contributed by atoms with Crippen molar-refractivity contribution >= 4 is 34.7 Å². The first-order valence-corrected chi connectivity index (χ1v) is 11.4. The molecule has 1 aliphatic heterocycles. The first kappa shape index (κ1) is 23.3. The number of hydrogen-bond acceptors (Lipinski definition) is 8. The molecule has 1 amide bonds. The molecule has 0 saturated heterocycles. The lowest BCUT2D eigenvalue weighted by atomic mass is 10.1. The Bertz CT molecular complexity index is 1180. The number of amides is 1. The van der Waals surface area contributed by atoms with Gasteiger partial charge in [0.05, 0.1) is 30.4 Å². The Labute approximate surface area is 198 Å². The van der Waals surface area contributed by atoms with Gasteiger partial charge in [-0.15, -0.1) is 0 Å². The largest absolute Gasteiger partial charge is 0.494 e. The molecule has 180 valence electrons. The Morgan fingerprint density at radius 1 is 1.18 bits per heavy atom. The fraction of sp³-hybridized carbons (Fsp3) is 0.417. The first-order valence-electron chi connectivity index (χ1n) is 11.4. The highest BCUT2D eigenvalue weighted by Gasteiger charge is 2.16. The number of H-pyrrole nitrogens is 1. The predicted molar refractivity (Wildman–Crippen MR) is 131 cm³/mol. The third kappa shape index (κ3) is 5.38. The summed E-state index contributed by atoms with van der Waals surface area (Å²) in [4.78, 5) is 30.1. The summed E-state index contributed by atoms with van der Waals surface area (Å²) in [5.41, 5.74) is 1.61. The quantitative estimate of drug-likeness (QED) is 0.500. The van der Waals surface area contributed by atoms with Gasteiger partial charge in [0.2, 0.25) is 5.91 Å². The van der Waals surface area contributed by atoms with Gasteiger partial charge in [-0.2, -0.15) is 0 Å². The van der Waals surface area contributed by atoms with Crippen molar-refractivity contribution in [2.24, 2.45) is 4.99 Å². The molecule has 0 saturated carbocycles. The lowest BCUT2D eigenvalue weighted by Crippen LogP contribution is -2.31. The van der Waals surface area contributed by atoms with Crippen molar-refractivity contribution in [1.82, 2.24) is 19.9 Å². The van der Waals surface area contributed by atoms with Crippen molar-refractivity contribution in [3.8, 4) is 17.4 Å². The van der Waals surface area contributed by atoms with Crippen LogP contribution in [0.2, 0.25) is 0 Å². The minimum Gasteiger partial charge on any atom is -0.494 e.